The van der Waals surface area contributed by atoms with Gasteiger partial charge < -0.3 is 22.2 Å². The van der Waals surface area contributed by atoms with Crippen LogP contribution in [0.4, 0.5) is 17.3 Å². The average Bonchev–Trinajstić information content (AvgIpc) is 2.91. The zero-order chi connectivity index (χ0) is 28.8. The molecule has 9 heteroatoms. The van der Waals surface area contributed by atoms with Crippen LogP contribution < -0.4 is 4.52 Å². The van der Waals surface area contributed by atoms with Crippen LogP contribution in [0.15, 0.2) is 84.9 Å². The Bertz CT molecular complexity index is 1920. The van der Waals surface area contributed by atoms with Crippen molar-refractivity contribution in [2.24, 2.45) is 0 Å². The number of amides is 1. The van der Waals surface area contributed by atoms with E-state index in [2.05, 4.69) is 74.5 Å². The Hall–Kier alpha value is -4.53. The maximum Gasteiger partial charge on any atom is 0.673 e. The number of nitrogens with zero attached hydrogens (tertiary/aromatic N) is 3. The second-order valence-electron chi connectivity index (χ2n) is 9.92. The number of carbonyl (C=O) groups is 1. The zero-order valence-corrected chi connectivity index (χ0v) is 22.4. The molecule has 0 saturated heterocycles. The lowest BCUT2D eigenvalue weighted by Gasteiger charge is -2.16. The third-order valence-electron chi connectivity index (χ3n) is 6.84. The highest BCUT2D eigenvalue weighted by Crippen LogP contribution is 2.36. The number of fused-ring (bicyclic) bond motifs is 7. The predicted octanol–water partition coefficient (Wildman–Crippen LogP) is 7.57. The highest BCUT2D eigenvalue weighted by atomic mass is 19.5. The fraction of sp³-hybridized carbons (Fsp3) is 0.129. The quantitative estimate of drug-likeness (QED) is 0.0743. The van der Waals surface area contributed by atoms with Crippen LogP contribution in [0.5, 0.6) is 0 Å². The van der Waals surface area contributed by atoms with Gasteiger partial charge in [-0.05, 0) is 47.2 Å². The van der Waals surface area contributed by atoms with E-state index in [0.29, 0.717) is 5.56 Å². The van der Waals surface area contributed by atoms with Gasteiger partial charge in [-0.3, -0.25) is 4.79 Å². The first-order valence-corrected chi connectivity index (χ1v) is 12.7. The van der Waals surface area contributed by atoms with Gasteiger partial charge in [-0.1, -0.05) is 66.7 Å². The van der Waals surface area contributed by atoms with E-state index in [1.54, 1.807) is 4.90 Å². The summed E-state index contributed by atoms with van der Waals surface area (Å²) in [7, 11) is -2.37. The van der Waals surface area contributed by atoms with Gasteiger partial charge in [-0.15, -0.1) is 0 Å². The van der Waals surface area contributed by atoms with Crippen molar-refractivity contribution in [3.05, 3.63) is 102 Å². The molecule has 0 radical (unpaired) electrons. The first-order chi connectivity index (χ1) is 19.0. The number of rotatable bonds is 2. The number of aromatic nitrogens is 2. The van der Waals surface area contributed by atoms with Crippen LogP contribution in [-0.2, 0) is 0 Å². The van der Waals surface area contributed by atoms with Crippen LogP contribution in [0, 0.1) is 13.8 Å². The maximum atomic E-state index is 13.9. The van der Waals surface area contributed by atoms with Gasteiger partial charge in [-0.2, -0.15) is 0 Å². The minimum Gasteiger partial charge on any atom is -0.418 e. The third kappa shape index (κ3) is 4.95. The Labute approximate surface area is 228 Å². The Balaban J connectivity index is 0.000000595. The molecule has 0 atom stereocenters. The van der Waals surface area contributed by atoms with Gasteiger partial charge in [-0.25, -0.2) is 0 Å². The van der Waals surface area contributed by atoms with E-state index < -0.39 is 7.25 Å². The second kappa shape index (κ2) is 10.2. The Morgan fingerprint density at radius 1 is 0.800 bits per heavy atom. The Kier molecular flexibility index (Phi) is 6.91. The number of halogens is 4. The number of hydrogen-bond acceptors (Lipinski definition) is 2. The molecule has 0 unspecified atom stereocenters. The van der Waals surface area contributed by atoms with Gasteiger partial charge in [0.15, 0.2) is 0 Å². The number of pyridine rings is 1. The minimum absolute atomic E-state index is 0.0274. The summed E-state index contributed by atoms with van der Waals surface area (Å²) in [4.78, 5) is 15.6. The third-order valence-corrected chi connectivity index (χ3v) is 6.84. The molecular weight excluding hydrogens is 517 g/mol. The molecule has 0 aliphatic rings. The average molecular weight is 543 g/mol. The van der Waals surface area contributed by atoms with Crippen LogP contribution in [-0.4, -0.2) is 37.3 Å². The molecule has 2 heterocycles. The summed E-state index contributed by atoms with van der Waals surface area (Å²) >= 11 is 0. The number of aryl methyl sites for hydroxylation is 2. The van der Waals surface area contributed by atoms with Crippen molar-refractivity contribution in [3.63, 3.8) is 0 Å². The topological polar surface area (TPSA) is 37.3 Å². The molecular formula is C31H26BF4N3O. The molecule has 0 bridgehead atoms. The smallest absolute Gasteiger partial charge is 0.418 e. The van der Waals surface area contributed by atoms with Crippen molar-refractivity contribution in [3.8, 4) is 11.1 Å². The van der Waals surface area contributed by atoms with E-state index in [4.69, 9.17) is 5.10 Å². The van der Waals surface area contributed by atoms with Crippen LogP contribution in [0.3, 0.4) is 0 Å². The lowest BCUT2D eigenvalue weighted by molar-refractivity contribution is -0.548. The van der Waals surface area contributed by atoms with Crippen molar-refractivity contribution in [1.29, 1.82) is 0 Å². The molecule has 1 amide bonds. The summed E-state index contributed by atoms with van der Waals surface area (Å²) in [5.41, 5.74) is 7.64. The van der Waals surface area contributed by atoms with Crippen molar-refractivity contribution in [1.82, 2.24) is 10.00 Å². The van der Waals surface area contributed by atoms with Crippen LogP contribution in [0.1, 0.15) is 21.5 Å². The first-order valence-electron chi connectivity index (χ1n) is 12.7. The van der Waals surface area contributed by atoms with E-state index in [1.807, 2.05) is 42.9 Å². The SMILES string of the molecule is Cc1ccc2c3ccccc3c3c(C(=O)N(C)C)c4c(C)ccc(-c5ccccc5)c4n[n+]3c2c1.F[B-](F)(F)F. The molecule has 202 valence electrons. The van der Waals surface area contributed by atoms with Gasteiger partial charge in [0.05, 0.1) is 10.8 Å². The van der Waals surface area contributed by atoms with Gasteiger partial charge in [0.1, 0.15) is 11.1 Å². The molecule has 6 aromatic rings. The Morgan fingerprint density at radius 2 is 1.43 bits per heavy atom. The fourth-order valence-corrected chi connectivity index (χ4v) is 5.16. The molecule has 4 nitrogen and oxygen atoms in total. The first kappa shape index (κ1) is 27.1. The van der Waals surface area contributed by atoms with E-state index >= 15 is 0 Å². The minimum atomic E-state index is -6.00. The van der Waals surface area contributed by atoms with Gasteiger partial charge in [0.2, 0.25) is 5.52 Å². The number of benzene rings is 4. The monoisotopic (exact) mass is 543 g/mol. The van der Waals surface area contributed by atoms with E-state index in [-0.39, 0.29) is 5.91 Å². The summed E-state index contributed by atoms with van der Waals surface area (Å²) in [5, 5.41) is 9.45. The predicted molar refractivity (Wildman–Crippen MR) is 153 cm³/mol. The molecule has 0 saturated carbocycles. The lowest BCUT2D eigenvalue weighted by atomic mass is 9.93. The molecule has 4 aromatic carbocycles. The number of carbonyl (C=O) groups excluding carboxylic acids is 1. The summed E-state index contributed by atoms with van der Waals surface area (Å²) in [5.74, 6) is -0.0274. The largest absolute Gasteiger partial charge is 0.673 e. The molecule has 40 heavy (non-hydrogen) atoms. The van der Waals surface area contributed by atoms with Gasteiger partial charge in [0.25, 0.3) is 11.4 Å². The molecule has 0 spiro atoms. The molecule has 2 aromatic heterocycles. The van der Waals surface area contributed by atoms with Gasteiger partial charge in [0, 0.05) is 41.6 Å². The van der Waals surface area contributed by atoms with Crippen LogP contribution in [0.25, 0.3) is 49.2 Å². The van der Waals surface area contributed by atoms with E-state index in [0.717, 1.165) is 60.3 Å². The van der Waals surface area contributed by atoms with Crippen molar-refractivity contribution >= 4 is 51.3 Å². The van der Waals surface area contributed by atoms with Crippen molar-refractivity contribution in [2.45, 2.75) is 13.8 Å². The van der Waals surface area contributed by atoms with Crippen molar-refractivity contribution < 1.29 is 26.6 Å². The molecule has 0 aliphatic carbocycles. The fourth-order valence-electron chi connectivity index (χ4n) is 5.16. The van der Waals surface area contributed by atoms with Gasteiger partial charge >= 0.3 is 7.25 Å². The highest BCUT2D eigenvalue weighted by molar-refractivity contribution is 6.50. The summed E-state index contributed by atoms with van der Waals surface area (Å²) in [6.45, 7) is 4.16. The maximum absolute atomic E-state index is 13.9. The molecule has 0 N–H and O–H groups in total. The number of hydrogen-bond donors (Lipinski definition) is 0. The summed E-state index contributed by atoms with van der Waals surface area (Å²) in [6, 6.07) is 29.3. The highest BCUT2D eigenvalue weighted by Gasteiger charge is 2.30. The zero-order valence-electron chi connectivity index (χ0n) is 22.4. The van der Waals surface area contributed by atoms with E-state index in [9.17, 15) is 22.1 Å². The second-order valence-corrected chi connectivity index (χ2v) is 9.92. The van der Waals surface area contributed by atoms with E-state index in [1.165, 1.54) is 0 Å². The normalized spacial score (nSPS) is 11.6. The summed E-state index contributed by atoms with van der Waals surface area (Å²) in [6.07, 6.45) is 0. The standard InChI is InChI=1S/C31H26N3O.BF4/c1-19-14-16-24-23-12-8-9-13-25(23)30-28(31(35)33(3)4)27-20(2)15-17-22(21-10-6-5-7-11-21)29(27)32-34(30)26(24)18-19;2-1(3,4)5/h5-18H,1-4H3;/q+1;-1. The molecule has 0 aliphatic heterocycles. The molecule has 0 fully saturated rings. The summed E-state index contributed by atoms with van der Waals surface area (Å²) < 4.78 is 41.0. The lowest BCUT2D eigenvalue weighted by Crippen LogP contribution is -2.33. The van der Waals surface area contributed by atoms with Crippen LogP contribution >= 0.6 is 0 Å². The molecule has 6 rings (SSSR count). The van der Waals surface area contributed by atoms with Crippen molar-refractivity contribution in [2.75, 3.05) is 14.1 Å². The van der Waals surface area contributed by atoms with Crippen LogP contribution in [0.2, 0.25) is 0 Å². The Morgan fingerprint density at radius 3 is 2.08 bits per heavy atom.